The van der Waals surface area contributed by atoms with Gasteiger partial charge in [0.25, 0.3) is 0 Å². The van der Waals surface area contributed by atoms with Crippen LogP contribution in [-0.4, -0.2) is 63.3 Å². The van der Waals surface area contributed by atoms with Crippen LogP contribution >= 0.6 is 0 Å². The van der Waals surface area contributed by atoms with Gasteiger partial charge >= 0.3 is 0 Å². The Morgan fingerprint density at radius 2 is 2.00 bits per heavy atom. The zero-order valence-corrected chi connectivity index (χ0v) is 15.7. The van der Waals surface area contributed by atoms with Crippen molar-refractivity contribution in [3.8, 4) is 0 Å². The third-order valence-corrected chi connectivity index (χ3v) is 5.21. The molecular weight excluding hydrogens is 342 g/mol. The van der Waals surface area contributed by atoms with E-state index in [1.807, 2.05) is 23.2 Å². The van der Waals surface area contributed by atoms with Crippen molar-refractivity contribution in [1.29, 1.82) is 0 Å². The maximum atomic E-state index is 12.3. The van der Waals surface area contributed by atoms with Crippen LogP contribution in [-0.2, 0) is 35.6 Å². The number of hydrogen-bond donors (Lipinski definition) is 0. The zero-order chi connectivity index (χ0) is 18.5. The Morgan fingerprint density at radius 1 is 1.11 bits per heavy atom. The van der Waals surface area contributed by atoms with Gasteiger partial charge in [0.2, 0.25) is 5.91 Å². The first-order valence-corrected chi connectivity index (χ1v) is 9.81. The van der Waals surface area contributed by atoms with E-state index in [-0.39, 0.29) is 5.91 Å². The van der Waals surface area contributed by atoms with Crippen LogP contribution in [0, 0.1) is 0 Å². The van der Waals surface area contributed by atoms with E-state index in [4.69, 9.17) is 9.84 Å². The highest BCUT2D eigenvalue weighted by molar-refractivity contribution is 5.76. The van der Waals surface area contributed by atoms with Crippen LogP contribution in [0.3, 0.4) is 0 Å². The van der Waals surface area contributed by atoms with E-state index in [1.165, 1.54) is 5.69 Å². The van der Waals surface area contributed by atoms with Gasteiger partial charge in [-0.25, -0.2) is 0 Å². The summed E-state index contributed by atoms with van der Waals surface area (Å²) in [6.07, 6.45) is 4.15. The lowest BCUT2D eigenvalue weighted by Gasteiger charge is -2.26. The van der Waals surface area contributed by atoms with Crippen LogP contribution in [0.2, 0.25) is 0 Å². The van der Waals surface area contributed by atoms with Crippen molar-refractivity contribution in [1.82, 2.24) is 24.6 Å². The highest BCUT2D eigenvalue weighted by atomic mass is 16.5. The first-order valence-electron chi connectivity index (χ1n) is 9.81. The largest absolute Gasteiger partial charge is 0.378 e. The molecule has 7 heteroatoms. The molecule has 0 aromatic carbocycles. The van der Waals surface area contributed by atoms with Crippen molar-refractivity contribution in [3.05, 3.63) is 47.5 Å². The number of rotatable bonds is 5. The summed E-state index contributed by atoms with van der Waals surface area (Å²) >= 11 is 0. The lowest BCUT2D eigenvalue weighted by atomic mass is 10.2. The number of pyridine rings is 1. The molecule has 0 saturated carbocycles. The van der Waals surface area contributed by atoms with Crippen LogP contribution in [0.5, 0.6) is 0 Å². The average molecular weight is 369 g/mol. The van der Waals surface area contributed by atoms with Gasteiger partial charge in [-0.1, -0.05) is 6.07 Å². The van der Waals surface area contributed by atoms with Crippen LogP contribution in [0.15, 0.2) is 30.5 Å². The standard InChI is InChI=1S/C20H27N5O2/c26-20(24-10-12-27-13-11-24)6-5-17-14-19-16-23(8-3-9-25(19)22-17)15-18-4-1-2-7-21-18/h1-2,4,7,14H,3,5-6,8-13,15-16H2. The molecule has 7 nitrogen and oxygen atoms in total. The van der Waals surface area contributed by atoms with Crippen LogP contribution < -0.4 is 0 Å². The third-order valence-electron chi connectivity index (χ3n) is 5.21. The molecule has 1 saturated heterocycles. The number of hydrogen-bond acceptors (Lipinski definition) is 5. The van der Waals surface area contributed by atoms with E-state index < -0.39 is 0 Å². The Hall–Kier alpha value is -2.25. The number of morpholine rings is 1. The molecule has 2 aliphatic rings. The number of fused-ring (bicyclic) bond motifs is 1. The number of nitrogens with zero attached hydrogens (tertiary/aromatic N) is 5. The van der Waals surface area contributed by atoms with Crippen molar-refractivity contribution in [2.45, 2.75) is 38.9 Å². The molecular formula is C20H27N5O2. The number of aryl methyl sites for hydroxylation is 2. The average Bonchev–Trinajstić information content (AvgIpc) is 2.99. The molecule has 27 heavy (non-hydrogen) atoms. The summed E-state index contributed by atoms with van der Waals surface area (Å²) in [5, 5.41) is 4.75. The van der Waals surface area contributed by atoms with E-state index in [1.54, 1.807) is 0 Å². The summed E-state index contributed by atoms with van der Waals surface area (Å²) in [6.45, 7) is 6.43. The molecule has 2 aromatic heterocycles. The fraction of sp³-hybridized carbons (Fsp3) is 0.550. The second-order valence-corrected chi connectivity index (χ2v) is 7.23. The molecule has 2 aromatic rings. The Balaban J connectivity index is 1.35. The fourth-order valence-corrected chi connectivity index (χ4v) is 3.77. The monoisotopic (exact) mass is 369 g/mol. The van der Waals surface area contributed by atoms with Crippen LogP contribution in [0.4, 0.5) is 0 Å². The number of carbonyl (C=O) groups excluding carboxylic acids is 1. The summed E-state index contributed by atoms with van der Waals surface area (Å²) in [6, 6.07) is 8.23. The van der Waals surface area contributed by atoms with E-state index in [0.29, 0.717) is 39.1 Å². The predicted octanol–water partition coefficient (Wildman–Crippen LogP) is 1.48. The number of ether oxygens (including phenoxy) is 1. The van der Waals surface area contributed by atoms with Gasteiger partial charge < -0.3 is 9.64 Å². The molecule has 0 N–H and O–H groups in total. The summed E-state index contributed by atoms with van der Waals surface area (Å²) in [7, 11) is 0. The van der Waals surface area contributed by atoms with E-state index in [0.717, 1.165) is 44.0 Å². The van der Waals surface area contributed by atoms with Crippen molar-refractivity contribution in [2.75, 3.05) is 32.8 Å². The summed E-state index contributed by atoms with van der Waals surface area (Å²) in [5.74, 6) is 0.207. The van der Waals surface area contributed by atoms with Crippen molar-refractivity contribution in [3.63, 3.8) is 0 Å². The third kappa shape index (κ3) is 4.73. The van der Waals surface area contributed by atoms with Crippen molar-refractivity contribution >= 4 is 5.91 Å². The van der Waals surface area contributed by atoms with E-state index >= 15 is 0 Å². The summed E-state index contributed by atoms with van der Waals surface area (Å²) in [5.41, 5.74) is 3.35. The molecule has 0 radical (unpaired) electrons. The number of aromatic nitrogens is 3. The topological polar surface area (TPSA) is 63.5 Å². The van der Waals surface area contributed by atoms with Gasteiger partial charge in [-0.2, -0.15) is 5.10 Å². The second kappa shape index (κ2) is 8.63. The molecule has 0 unspecified atom stereocenters. The molecule has 0 spiro atoms. The SMILES string of the molecule is O=C(CCc1cc2n(n1)CCCN(Cc1ccccn1)C2)N1CCOCC1. The Morgan fingerprint density at radius 3 is 2.81 bits per heavy atom. The van der Waals surface area contributed by atoms with E-state index in [9.17, 15) is 4.79 Å². The van der Waals surface area contributed by atoms with Gasteiger partial charge in [-0.3, -0.25) is 19.4 Å². The second-order valence-electron chi connectivity index (χ2n) is 7.23. The maximum Gasteiger partial charge on any atom is 0.223 e. The van der Waals surface area contributed by atoms with Gasteiger partial charge in [0.15, 0.2) is 0 Å². The minimum Gasteiger partial charge on any atom is -0.378 e. The molecule has 0 atom stereocenters. The molecule has 1 amide bonds. The first kappa shape index (κ1) is 18.1. The Labute approximate surface area is 159 Å². The molecule has 0 aliphatic carbocycles. The normalized spacial score (nSPS) is 18.1. The fourth-order valence-electron chi connectivity index (χ4n) is 3.77. The maximum absolute atomic E-state index is 12.3. The smallest absolute Gasteiger partial charge is 0.223 e. The molecule has 4 heterocycles. The Kier molecular flexibility index (Phi) is 5.79. The molecule has 1 fully saturated rings. The van der Waals surface area contributed by atoms with Gasteiger partial charge in [-0.15, -0.1) is 0 Å². The zero-order valence-electron chi connectivity index (χ0n) is 15.7. The molecule has 144 valence electrons. The van der Waals surface area contributed by atoms with Crippen LogP contribution in [0.1, 0.15) is 29.9 Å². The highest BCUT2D eigenvalue weighted by Gasteiger charge is 2.19. The van der Waals surface area contributed by atoms with Gasteiger partial charge in [-0.05, 0) is 24.6 Å². The van der Waals surface area contributed by atoms with Crippen molar-refractivity contribution < 1.29 is 9.53 Å². The molecule has 4 rings (SSSR count). The first-order chi connectivity index (χ1) is 13.3. The number of carbonyl (C=O) groups is 1. The molecule has 2 aliphatic heterocycles. The lowest BCUT2D eigenvalue weighted by molar-refractivity contribution is -0.135. The van der Waals surface area contributed by atoms with Gasteiger partial charge in [0.1, 0.15) is 0 Å². The summed E-state index contributed by atoms with van der Waals surface area (Å²) in [4.78, 5) is 21.1. The lowest BCUT2D eigenvalue weighted by Crippen LogP contribution is -2.40. The quantitative estimate of drug-likeness (QED) is 0.799. The van der Waals surface area contributed by atoms with Gasteiger partial charge in [0, 0.05) is 58.3 Å². The van der Waals surface area contributed by atoms with Crippen LogP contribution in [0.25, 0.3) is 0 Å². The molecule has 0 bridgehead atoms. The van der Waals surface area contributed by atoms with Gasteiger partial charge in [0.05, 0.1) is 30.3 Å². The Bertz CT molecular complexity index is 755. The summed E-state index contributed by atoms with van der Waals surface area (Å²) < 4.78 is 7.43. The minimum atomic E-state index is 0.207. The van der Waals surface area contributed by atoms with E-state index in [2.05, 4.69) is 26.7 Å². The highest BCUT2D eigenvalue weighted by Crippen LogP contribution is 2.17. The minimum absolute atomic E-state index is 0.207. The predicted molar refractivity (Wildman–Crippen MR) is 101 cm³/mol. The number of amides is 1. The van der Waals surface area contributed by atoms with Crippen molar-refractivity contribution in [2.24, 2.45) is 0 Å².